The van der Waals surface area contributed by atoms with E-state index in [9.17, 15) is 0 Å². The fourth-order valence-corrected chi connectivity index (χ4v) is 0. The molecule has 0 aromatic rings. The minimum absolute atomic E-state index is 0.917. The molecule has 0 amide bonds. The molecule has 1 unspecified atom stereocenters. The summed E-state index contributed by atoms with van der Waals surface area (Å²) in [5, 5.41) is 0. The lowest BCUT2D eigenvalue weighted by Crippen LogP contribution is -1.24. The summed E-state index contributed by atoms with van der Waals surface area (Å²) < 4.78 is 0. The van der Waals surface area contributed by atoms with E-state index in [1.165, 1.54) is 9.47 Å². The van der Waals surface area contributed by atoms with Crippen LogP contribution in [0, 0.1) is 0 Å². The van der Waals surface area contributed by atoms with E-state index < -0.39 is 9.03 Å². The van der Waals surface area contributed by atoms with Crippen molar-refractivity contribution in [3.8, 4) is 0 Å². The lowest BCUT2D eigenvalue weighted by atomic mass is 15.9. The molecule has 0 aliphatic heterocycles. The van der Waals surface area contributed by atoms with Gasteiger partial charge in [-0.05, 0) is 9.47 Å². The second kappa shape index (κ2) is 21.9. The Morgan fingerprint density at radius 2 is 1.20 bits per heavy atom. The summed E-state index contributed by atoms with van der Waals surface area (Å²) in [5.74, 6) is 0. The van der Waals surface area contributed by atoms with Gasteiger partial charge in [-0.2, -0.15) is 0 Å². The second-order valence-electron chi connectivity index (χ2n) is 0.100. The quantitative estimate of drug-likeness (QED) is 0.365. The van der Waals surface area contributed by atoms with Gasteiger partial charge in [0.1, 0.15) is 9.03 Å². The summed E-state index contributed by atoms with van der Waals surface area (Å²) in [4.78, 5) is 21.2. The highest BCUT2D eigenvalue weighted by molar-refractivity contribution is 7.23. The second-order valence-corrected chi connectivity index (χ2v) is 0.300. The molecule has 0 aromatic heterocycles. The molecule has 0 rings (SSSR count). The lowest BCUT2D eigenvalue weighted by molar-refractivity contribution is 0.513. The smallest absolute Gasteiger partial charge is 0.149 e. The summed E-state index contributed by atoms with van der Waals surface area (Å²) in [6.45, 7) is 0. The van der Waals surface area contributed by atoms with Crippen LogP contribution in [0.3, 0.4) is 0 Å². The molecule has 0 fully saturated rings. The van der Waals surface area contributed by atoms with Gasteiger partial charge in [0.15, 0.2) is 0 Å². The molecule has 1 atom stereocenters. The Hall–Kier alpha value is 0.740. The minimum atomic E-state index is -0.917. The van der Waals surface area contributed by atoms with Gasteiger partial charge in [0.25, 0.3) is 0 Å². The first kappa shape index (κ1) is 9.22. The zero-order chi connectivity index (χ0) is 4.71. The summed E-state index contributed by atoms with van der Waals surface area (Å²) in [6.07, 6.45) is 0. The van der Waals surface area contributed by atoms with E-state index in [0.717, 1.165) is 0 Å². The van der Waals surface area contributed by atoms with Gasteiger partial charge in [0.2, 0.25) is 0 Å². The van der Waals surface area contributed by atoms with Crippen molar-refractivity contribution >= 4 is 18.5 Å². The molecule has 34 valence electrons. The van der Waals surface area contributed by atoms with Crippen LogP contribution in [0.25, 0.3) is 0 Å². The van der Waals surface area contributed by atoms with Crippen LogP contribution >= 0.6 is 18.5 Å². The van der Waals surface area contributed by atoms with Gasteiger partial charge >= 0.3 is 0 Å². The zero-order valence-corrected chi connectivity index (χ0v) is 4.57. The molecule has 0 heterocycles. The molecule has 3 N–H and O–H groups in total. The lowest BCUT2D eigenvalue weighted by Gasteiger charge is -1.54. The molecular formula is H6O3P2. The fraction of sp³-hybridized carbons (Fsp3) is 0. The molecule has 0 aliphatic rings. The molecule has 0 saturated carbocycles. The Labute approximate surface area is 34.3 Å². The van der Waals surface area contributed by atoms with E-state index >= 15 is 0 Å². The summed E-state index contributed by atoms with van der Waals surface area (Å²) in [7, 11) is 0.500. The SMILES string of the molecule is OP.OPO. The van der Waals surface area contributed by atoms with Crippen molar-refractivity contribution in [2.75, 3.05) is 0 Å². The van der Waals surface area contributed by atoms with Gasteiger partial charge in [-0.25, -0.2) is 0 Å². The summed E-state index contributed by atoms with van der Waals surface area (Å²) in [5.41, 5.74) is 0. The fourth-order valence-electron chi connectivity index (χ4n) is 0. The Morgan fingerprint density at radius 3 is 1.20 bits per heavy atom. The molecule has 0 spiro atoms. The Balaban J connectivity index is 0. The summed E-state index contributed by atoms with van der Waals surface area (Å²) in [6, 6.07) is 0. The van der Waals surface area contributed by atoms with Gasteiger partial charge in [-0.1, -0.05) is 0 Å². The first-order valence-electron chi connectivity index (χ1n) is 0.705. The standard InChI is InChI=1S/H3O2P.H3OP/c1-3-2;1-2/h1-3H;1H,2H2. The van der Waals surface area contributed by atoms with Crippen molar-refractivity contribution in [1.82, 2.24) is 0 Å². The maximum Gasteiger partial charge on any atom is 0.149 e. The molecule has 5 heteroatoms. The van der Waals surface area contributed by atoms with Crippen LogP contribution in [-0.4, -0.2) is 14.7 Å². The predicted octanol–water partition coefficient (Wildman–Crippen LogP) is -0.752. The molecule has 0 aliphatic carbocycles. The zero-order valence-electron chi connectivity index (χ0n) is 2.42. The van der Waals surface area contributed by atoms with Crippen LogP contribution < -0.4 is 0 Å². The van der Waals surface area contributed by atoms with Crippen molar-refractivity contribution in [1.29, 1.82) is 0 Å². The van der Waals surface area contributed by atoms with E-state index in [-0.39, 0.29) is 0 Å². The molecule has 0 radical (unpaired) electrons. The minimum Gasteiger partial charge on any atom is -0.380 e. The van der Waals surface area contributed by atoms with Crippen LogP contribution in [0.4, 0.5) is 0 Å². The topological polar surface area (TPSA) is 60.7 Å². The summed E-state index contributed by atoms with van der Waals surface area (Å²) >= 11 is 0. The van der Waals surface area contributed by atoms with Gasteiger partial charge in [0, 0.05) is 0 Å². The van der Waals surface area contributed by atoms with E-state index in [1.54, 1.807) is 0 Å². The van der Waals surface area contributed by atoms with Crippen LogP contribution in [0.2, 0.25) is 0 Å². The number of rotatable bonds is 0. The molecule has 5 heavy (non-hydrogen) atoms. The van der Waals surface area contributed by atoms with Crippen molar-refractivity contribution in [3.05, 3.63) is 0 Å². The third-order valence-corrected chi connectivity index (χ3v) is 0. The van der Waals surface area contributed by atoms with Crippen LogP contribution in [0.1, 0.15) is 0 Å². The highest BCUT2D eigenvalue weighted by Gasteiger charge is 1.34. The predicted molar refractivity (Wildman–Crippen MR) is 24.7 cm³/mol. The van der Waals surface area contributed by atoms with E-state index in [0.29, 0.717) is 0 Å². The molecular weight excluding hydrogens is 110 g/mol. The van der Waals surface area contributed by atoms with Gasteiger partial charge < -0.3 is 14.7 Å². The van der Waals surface area contributed by atoms with Gasteiger partial charge in [-0.3, -0.25) is 0 Å². The molecule has 0 bridgehead atoms. The monoisotopic (exact) mass is 116 g/mol. The van der Waals surface area contributed by atoms with Crippen LogP contribution in [0.5, 0.6) is 0 Å². The van der Waals surface area contributed by atoms with Crippen molar-refractivity contribution < 1.29 is 14.7 Å². The van der Waals surface area contributed by atoms with E-state index in [1.807, 2.05) is 0 Å². The molecule has 0 aromatic carbocycles. The molecule has 0 saturated heterocycles. The first-order valence-corrected chi connectivity index (χ1v) is 2.12. The number of hydrogen-bond donors (Lipinski definition) is 3. The maximum absolute atomic E-state index is 7.15. The van der Waals surface area contributed by atoms with Gasteiger partial charge in [-0.15, -0.1) is 0 Å². The third kappa shape index (κ3) is 65.0. The number of hydrogen-bond acceptors (Lipinski definition) is 3. The van der Waals surface area contributed by atoms with Gasteiger partial charge in [0.05, 0.1) is 0 Å². The Kier molecular flexibility index (Phi) is 40.4. The van der Waals surface area contributed by atoms with Crippen molar-refractivity contribution in [2.24, 2.45) is 0 Å². The average Bonchev–Trinajstić information content (AvgIpc) is 1.46. The van der Waals surface area contributed by atoms with Crippen molar-refractivity contribution in [3.63, 3.8) is 0 Å². The largest absolute Gasteiger partial charge is 0.380 e. The highest BCUT2D eigenvalue weighted by Crippen LogP contribution is 1.81. The van der Waals surface area contributed by atoms with Crippen LogP contribution in [-0.2, 0) is 0 Å². The normalized spacial score (nSPS) is 4.80. The Morgan fingerprint density at radius 1 is 1.20 bits per heavy atom. The van der Waals surface area contributed by atoms with Crippen LogP contribution in [0.15, 0.2) is 0 Å². The average molecular weight is 116 g/mol. The first-order chi connectivity index (χ1) is 2.41. The molecule has 3 nitrogen and oxygen atoms in total. The van der Waals surface area contributed by atoms with E-state index in [2.05, 4.69) is 0 Å². The maximum atomic E-state index is 7.15. The highest BCUT2D eigenvalue weighted by atomic mass is 31.1. The van der Waals surface area contributed by atoms with Crippen molar-refractivity contribution in [2.45, 2.75) is 0 Å². The Bertz CT molecular complexity index is 4.85. The van der Waals surface area contributed by atoms with E-state index in [4.69, 9.17) is 14.7 Å². The third-order valence-electron chi connectivity index (χ3n) is 0.